The molecule has 0 aliphatic heterocycles. The fourth-order valence-corrected chi connectivity index (χ4v) is 0.250. The average Bonchev–Trinajstić information content (AvgIpc) is 1.75. The predicted octanol–water partition coefficient (Wildman–Crippen LogP) is 2.16. The summed E-state index contributed by atoms with van der Waals surface area (Å²) < 4.78 is 0. The molecule has 0 aromatic rings. The van der Waals surface area contributed by atoms with Gasteiger partial charge in [0.15, 0.2) is 0 Å². The second kappa shape index (κ2) is 24.4. The Balaban J connectivity index is -0.0000000750. The third-order valence-electron chi connectivity index (χ3n) is 0.604. The van der Waals surface area contributed by atoms with Crippen molar-refractivity contribution in [3.8, 4) is 0 Å². The Morgan fingerprint density at radius 2 is 1.75 bits per heavy atom. The second-order valence-electron chi connectivity index (χ2n) is 1.21. The maximum Gasteiger partial charge on any atom is 0 e. The molecule has 0 rings (SSSR count). The van der Waals surface area contributed by atoms with E-state index in [9.17, 15) is 0 Å². The number of aliphatic hydroxyl groups is 1. The number of aliphatic hydroxyl groups excluding tert-OH is 1. The van der Waals surface area contributed by atoms with E-state index in [2.05, 4.69) is 21.0 Å². The van der Waals surface area contributed by atoms with E-state index >= 15 is 0 Å². The van der Waals surface area contributed by atoms with Gasteiger partial charge in [0.05, 0.1) is 0 Å². The minimum Gasteiger partial charge on any atom is -0.569 e. The zero-order chi connectivity index (χ0) is 6.12. The summed E-state index contributed by atoms with van der Waals surface area (Å²) in [5.74, 6) is 0. The molecule has 49 valence electrons. The molecular formula is C6H14OY-2. The van der Waals surface area contributed by atoms with Crippen molar-refractivity contribution in [1.82, 2.24) is 0 Å². The SMILES string of the molecule is [CH2-]CCCC.[CH2-]O.[Y]. The zero-order valence-electron chi connectivity index (χ0n) is 5.56. The van der Waals surface area contributed by atoms with Crippen molar-refractivity contribution in [2.75, 3.05) is 0 Å². The zero-order valence-corrected chi connectivity index (χ0v) is 8.40. The molecule has 0 aromatic heterocycles. The van der Waals surface area contributed by atoms with Crippen LogP contribution in [0.25, 0.3) is 0 Å². The Hall–Kier alpha value is 1.06. The molecule has 0 saturated heterocycles. The van der Waals surface area contributed by atoms with Crippen LogP contribution in [0.15, 0.2) is 0 Å². The Bertz CT molecular complexity index is 16.0. The van der Waals surface area contributed by atoms with Crippen molar-refractivity contribution in [2.45, 2.75) is 26.2 Å². The van der Waals surface area contributed by atoms with E-state index in [0.717, 1.165) is 6.42 Å². The third kappa shape index (κ3) is 27.7. The van der Waals surface area contributed by atoms with Gasteiger partial charge < -0.3 is 12.0 Å². The van der Waals surface area contributed by atoms with E-state index < -0.39 is 0 Å². The molecule has 0 fully saturated rings. The summed E-state index contributed by atoms with van der Waals surface area (Å²) in [6.07, 6.45) is 3.65. The number of unbranched alkanes of at least 4 members (excludes halogenated alkanes) is 2. The third-order valence-corrected chi connectivity index (χ3v) is 0.604. The van der Waals surface area contributed by atoms with E-state index in [1.807, 2.05) is 0 Å². The van der Waals surface area contributed by atoms with Crippen LogP contribution < -0.4 is 0 Å². The molecule has 0 bridgehead atoms. The quantitative estimate of drug-likeness (QED) is 0.663. The molecule has 8 heavy (non-hydrogen) atoms. The van der Waals surface area contributed by atoms with Gasteiger partial charge in [0.1, 0.15) is 0 Å². The van der Waals surface area contributed by atoms with E-state index in [-0.39, 0.29) is 32.7 Å². The van der Waals surface area contributed by atoms with Crippen LogP contribution in [0.3, 0.4) is 0 Å². The summed E-state index contributed by atoms with van der Waals surface area (Å²) in [5, 5.41) is 6.75. The molecule has 1 radical (unpaired) electrons. The number of hydrogen-bond acceptors (Lipinski definition) is 1. The van der Waals surface area contributed by atoms with E-state index in [1.165, 1.54) is 12.8 Å². The van der Waals surface area contributed by atoms with Gasteiger partial charge in [-0.25, -0.2) is 7.11 Å². The van der Waals surface area contributed by atoms with Crippen LogP contribution in [0.5, 0.6) is 0 Å². The monoisotopic (exact) mass is 191 g/mol. The fraction of sp³-hybridized carbons (Fsp3) is 0.667. The van der Waals surface area contributed by atoms with E-state index in [4.69, 9.17) is 5.11 Å². The molecule has 1 N–H and O–H groups in total. The van der Waals surface area contributed by atoms with E-state index in [0.29, 0.717) is 0 Å². The van der Waals surface area contributed by atoms with Crippen LogP contribution in [-0.2, 0) is 32.7 Å². The molecule has 1 nitrogen and oxygen atoms in total. The van der Waals surface area contributed by atoms with Crippen LogP contribution in [0.1, 0.15) is 26.2 Å². The number of hydrogen-bond donors (Lipinski definition) is 1. The summed E-state index contributed by atoms with van der Waals surface area (Å²) in [6.45, 7) is 5.85. The Labute approximate surface area is 77.7 Å². The summed E-state index contributed by atoms with van der Waals surface area (Å²) in [6, 6.07) is 0. The Kier molecular flexibility index (Phi) is 48.8. The Morgan fingerprint density at radius 3 is 1.75 bits per heavy atom. The first-order valence-electron chi connectivity index (χ1n) is 2.52. The van der Waals surface area contributed by atoms with Crippen LogP contribution in [0, 0.1) is 14.0 Å². The maximum absolute atomic E-state index is 6.75. The van der Waals surface area contributed by atoms with E-state index in [1.54, 1.807) is 0 Å². The largest absolute Gasteiger partial charge is 0.569 e. The fourth-order valence-electron chi connectivity index (χ4n) is 0.250. The van der Waals surface area contributed by atoms with Crippen LogP contribution in [0.2, 0.25) is 0 Å². The minimum absolute atomic E-state index is 0. The molecule has 0 amide bonds. The molecule has 0 aliphatic rings. The summed E-state index contributed by atoms with van der Waals surface area (Å²) in [4.78, 5) is 0. The summed E-state index contributed by atoms with van der Waals surface area (Å²) in [7, 11) is 2.25. The van der Waals surface area contributed by atoms with Gasteiger partial charge in [0.25, 0.3) is 0 Å². The minimum atomic E-state index is 0. The first-order chi connectivity index (χ1) is 3.41. The standard InChI is InChI=1S/C5H11.CH3O.Y/c1-3-5-4-2;1-2;/h1,3-5H2,2H3;2H,1H2;/q2*-1;. The van der Waals surface area contributed by atoms with Gasteiger partial charge in [-0.05, 0) is 0 Å². The van der Waals surface area contributed by atoms with Crippen molar-refractivity contribution < 1.29 is 37.8 Å². The van der Waals surface area contributed by atoms with Gasteiger partial charge in [-0.1, -0.05) is 19.8 Å². The predicted molar refractivity (Wildman–Crippen MR) is 32.2 cm³/mol. The second-order valence-corrected chi connectivity index (χ2v) is 1.21. The summed E-state index contributed by atoms with van der Waals surface area (Å²) in [5.41, 5.74) is 0. The van der Waals surface area contributed by atoms with Gasteiger partial charge in [0, 0.05) is 32.7 Å². The first-order valence-corrected chi connectivity index (χ1v) is 2.52. The van der Waals surface area contributed by atoms with Crippen LogP contribution in [-0.4, -0.2) is 5.11 Å². The molecule has 0 saturated carbocycles. The van der Waals surface area contributed by atoms with Gasteiger partial charge in [-0.15, -0.1) is 0 Å². The van der Waals surface area contributed by atoms with Crippen LogP contribution in [0.4, 0.5) is 0 Å². The molecular weight excluding hydrogens is 177 g/mol. The summed E-state index contributed by atoms with van der Waals surface area (Å²) >= 11 is 0. The molecule has 0 heterocycles. The first kappa shape index (κ1) is 16.0. The van der Waals surface area contributed by atoms with Gasteiger partial charge in [0.2, 0.25) is 0 Å². The molecule has 0 aromatic carbocycles. The molecule has 0 atom stereocenters. The van der Waals surface area contributed by atoms with Crippen molar-refractivity contribution >= 4 is 0 Å². The van der Waals surface area contributed by atoms with Crippen LogP contribution >= 0.6 is 0 Å². The van der Waals surface area contributed by atoms with Crippen molar-refractivity contribution in [3.05, 3.63) is 14.0 Å². The average molecular weight is 191 g/mol. The molecule has 0 aliphatic carbocycles. The van der Waals surface area contributed by atoms with Crippen molar-refractivity contribution in [1.29, 1.82) is 0 Å². The smallest absolute Gasteiger partial charge is 0 e. The normalized spacial score (nSPS) is 6.00. The van der Waals surface area contributed by atoms with Gasteiger partial charge in [-0.2, -0.15) is 6.42 Å². The van der Waals surface area contributed by atoms with Gasteiger partial charge in [-0.3, -0.25) is 0 Å². The maximum atomic E-state index is 6.75. The number of rotatable bonds is 2. The molecule has 2 heteroatoms. The van der Waals surface area contributed by atoms with Crippen molar-refractivity contribution in [2.24, 2.45) is 0 Å². The van der Waals surface area contributed by atoms with Gasteiger partial charge >= 0.3 is 0 Å². The Morgan fingerprint density at radius 1 is 1.38 bits per heavy atom. The molecule has 0 unspecified atom stereocenters. The topological polar surface area (TPSA) is 20.2 Å². The van der Waals surface area contributed by atoms with Crippen molar-refractivity contribution in [3.63, 3.8) is 0 Å². The molecule has 0 spiro atoms.